The first-order valence-corrected chi connectivity index (χ1v) is 14.0. The van der Waals surface area contributed by atoms with Gasteiger partial charge in [0.1, 0.15) is 10.7 Å². The largest absolute Gasteiger partial charge is 0.493 e. The van der Waals surface area contributed by atoms with E-state index < -0.39 is 17.6 Å². The summed E-state index contributed by atoms with van der Waals surface area (Å²) < 4.78 is 49.8. The maximum absolute atomic E-state index is 13.0. The predicted molar refractivity (Wildman–Crippen MR) is 154 cm³/mol. The van der Waals surface area contributed by atoms with E-state index in [1.165, 1.54) is 23.5 Å². The predicted octanol–water partition coefficient (Wildman–Crippen LogP) is 7.01. The number of hydrogen-bond donors (Lipinski definition) is 1. The lowest BCUT2D eigenvalue weighted by Gasteiger charge is -2.22. The number of carbonyl (C=O) groups is 1. The first-order chi connectivity index (χ1) is 19.6. The molecule has 0 fully saturated rings. The van der Waals surface area contributed by atoms with Gasteiger partial charge >= 0.3 is 6.18 Å². The van der Waals surface area contributed by atoms with Crippen LogP contribution in [0.2, 0.25) is 5.02 Å². The van der Waals surface area contributed by atoms with Crippen LogP contribution in [0.3, 0.4) is 0 Å². The number of nitrogens with one attached hydrogen (secondary N) is 1. The van der Waals surface area contributed by atoms with E-state index >= 15 is 0 Å². The molecule has 0 unspecified atom stereocenters. The van der Waals surface area contributed by atoms with Crippen LogP contribution in [0.4, 0.5) is 13.2 Å². The molecule has 3 aromatic carbocycles. The Morgan fingerprint density at radius 1 is 0.951 bits per heavy atom. The molecule has 4 rings (SSSR count). The Bertz CT molecular complexity index is 1460. The monoisotopic (exact) mass is 603 g/mol. The lowest BCUT2D eigenvalue weighted by atomic mass is 10.1. The van der Waals surface area contributed by atoms with Crippen molar-refractivity contribution in [2.24, 2.45) is 0 Å². The minimum atomic E-state index is -4.44. The molecule has 0 saturated carbocycles. The maximum atomic E-state index is 13.0. The minimum Gasteiger partial charge on any atom is -0.493 e. The summed E-state index contributed by atoms with van der Waals surface area (Å²) in [6, 6.07) is 18.4. The molecule has 1 amide bonds. The Hall–Kier alpha value is -3.60. The lowest BCUT2D eigenvalue weighted by Crippen LogP contribution is -2.26. The van der Waals surface area contributed by atoms with Gasteiger partial charge in [-0.25, -0.2) is 4.98 Å². The van der Waals surface area contributed by atoms with E-state index in [9.17, 15) is 18.0 Å². The van der Waals surface area contributed by atoms with Crippen molar-refractivity contribution in [1.82, 2.24) is 15.2 Å². The third kappa shape index (κ3) is 8.69. The van der Waals surface area contributed by atoms with Crippen molar-refractivity contribution in [1.29, 1.82) is 0 Å². The molecule has 0 aliphatic carbocycles. The molecule has 41 heavy (non-hydrogen) atoms. The molecule has 6 nitrogen and oxygen atoms in total. The molecule has 0 atom stereocenters. The number of benzene rings is 3. The summed E-state index contributed by atoms with van der Waals surface area (Å²) in [5.41, 5.74) is 1.99. The molecule has 4 aromatic rings. The summed E-state index contributed by atoms with van der Waals surface area (Å²) in [6.45, 7) is 1.81. The van der Waals surface area contributed by atoms with Gasteiger partial charge in [0.2, 0.25) is 0 Å². The zero-order valence-electron chi connectivity index (χ0n) is 22.5. The average Bonchev–Trinajstić information content (AvgIpc) is 3.44. The highest BCUT2D eigenvalue weighted by Gasteiger charge is 2.30. The quantitative estimate of drug-likeness (QED) is 0.189. The van der Waals surface area contributed by atoms with Crippen LogP contribution in [0, 0.1) is 0 Å². The number of thiazole rings is 1. The Morgan fingerprint density at radius 3 is 2.39 bits per heavy atom. The summed E-state index contributed by atoms with van der Waals surface area (Å²) >= 11 is 7.42. The number of methoxy groups -OCH3 is 2. The van der Waals surface area contributed by atoms with E-state index in [0.29, 0.717) is 41.7 Å². The first kappa shape index (κ1) is 30.4. The van der Waals surface area contributed by atoms with Crippen molar-refractivity contribution in [3.63, 3.8) is 0 Å². The van der Waals surface area contributed by atoms with Crippen LogP contribution >= 0.6 is 22.9 Å². The second kappa shape index (κ2) is 13.8. The van der Waals surface area contributed by atoms with Crippen molar-refractivity contribution < 1.29 is 27.4 Å². The van der Waals surface area contributed by atoms with Crippen LogP contribution in [0.5, 0.6) is 11.5 Å². The van der Waals surface area contributed by atoms with E-state index in [1.54, 1.807) is 19.6 Å². The smallest absolute Gasteiger partial charge is 0.416 e. The topological polar surface area (TPSA) is 63.7 Å². The highest BCUT2D eigenvalue weighted by molar-refractivity contribution is 7.09. The number of aromatic nitrogens is 1. The zero-order valence-corrected chi connectivity index (χ0v) is 24.1. The number of halogens is 4. The van der Waals surface area contributed by atoms with Crippen molar-refractivity contribution >= 4 is 28.8 Å². The van der Waals surface area contributed by atoms with Crippen LogP contribution in [0.15, 0.2) is 72.1 Å². The number of carbonyl (C=O) groups excluding carboxylic acids is 1. The minimum absolute atomic E-state index is 0.0381. The molecular weight excluding hydrogens is 575 g/mol. The third-order valence-corrected chi connectivity index (χ3v) is 7.42. The standard InChI is InChI=1S/C30H29ClF3N3O3S/c1-39-26-11-8-20(15-27(26)40-2)12-13-37(17-21-6-9-24(31)10-7-21)18-28-36-25(19-41-28)29(38)35-16-22-4-3-5-23(14-22)30(32,33)34/h3-11,14-15,19H,12-13,16-18H2,1-2H3,(H,35,38). The highest BCUT2D eigenvalue weighted by Crippen LogP contribution is 2.30. The van der Waals surface area contributed by atoms with Crippen LogP contribution in [0.1, 0.15) is 37.7 Å². The lowest BCUT2D eigenvalue weighted by molar-refractivity contribution is -0.137. The molecule has 1 aromatic heterocycles. The van der Waals surface area contributed by atoms with Gasteiger partial charge in [0.25, 0.3) is 5.91 Å². The van der Waals surface area contributed by atoms with E-state index in [1.807, 2.05) is 42.5 Å². The second-order valence-corrected chi connectivity index (χ2v) is 10.7. The van der Waals surface area contributed by atoms with Gasteiger partial charge in [-0.15, -0.1) is 11.3 Å². The van der Waals surface area contributed by atoms with Gasteiger partial charge in [-0.3, -0.25) is 9.69 Å². The molecular formula is C30H29ClF3N3O3S. The fourth-order valence-electron chi connectivity index (χ4n) is 4.19. The summed E-state index contributed by atoms with van der Waals surface area (Å²) in [5, 5.41) is 5.72. The number of ether oxygens (including phenoxy) is 2. The summed E-state index contributed by atoms with van der Waals surface area (Å²) in [6.07, 6.45) is -3.70. The number of amides is 1. The molecule has 0 saturated heterocycles. The van der Waals surface area contributed by atoms with Gasteiger partial charge in [0.15, 0.2) is 11.5 Å². The van der Waals surface area contributed by atoms with Crippen molar-refractivity contribution in [3.05, 3.63) is 110 Å². The van der Waals surface area contributed by atoms with Crippen molar-refractivity contribution in [2.75, 3.05) is 20.8 Å². The number of rotatable bonds is 12. The van der Waals surface area contributed by atoms with E-state index in [2.05, 4.69) is 15.2 Å². The average molecular weight is 604 g/mol. The van der Waals surface area contributed by atoms with Gasteiger partial charge in [0.05, 0.1) is 26.3 Å². The van der Waals surface area contributed by atoms with Gasteiger partial charge in [0, 0.05) is 30.0 Å². The molecule has 216 valence electrons. The van der Waals surface area contributed by atoms with Crippen molar-refractivity contribution in [2.45, 2.75) is 32.2 Å². The second-order valence-electron chi connectivity index (χ2n) is 9.28. The fourth-order valence-corrected chi connectivity index (χ4v) is 5.14. The van der Waals surface area contributed by atoms with Gasteiger partial charge in [-0.1, -0.05) is 41.9 Å². The first-order valence-electron chi connectivity index (χ1n) is 12.7. The molecule has 0 aliphatic heterocycles. The third-order valence-electron chi connectivity index (χ3n) is 6.33. The molecule has 0 aliphatic rings. The van der Waals surface area contributed by atoms with Gasteiger partial charge in [-0.2, -0.15) is 13.2 Å². The Kier molecular flexibility index (Phi) is 10.3. The SMILES string of the molecule is COc1ccc(CCN(Cc2ccc(Cl)cc2)Cc2nc(C(=O)NCc3cccc(C(F)(F)F)c3)cs2)cc1OC. The van der Waals surface area contributed by atoms with E-state index in [4.69, 9.17) is 21.1 Å². The molecule has 1 heterocycles. The van der Waals surface area contributed by atoms with E-state index in [-0.39, 0.29) is 12.2 Å². The van der Waals surface area contributed by atoms with Crippen LogP contribution in [0.25, 0.3) is 0 Å². The molecule has 1 N–H and O–H groups in total. The summed E-state index contributed by atoms with van der Waals surface area (Å²) in [7, 11) is 3.20. The number of hydrogen-bond acceptors (Lipinski definition) is 6. The van der Waals surface area contributed by atoms with Crippen LogP contribution < -0.4 is 14.8 Å². The van der Waals surface area contributed by atoms with Gasteiger partial charge < -0.3 is 14.8 Å². The number of alkyl halides is 3. The van der Waals surface area contributed by atoms with Crippen molar-refractivity contribution in [3.8, 4) is 11.5 Å². The summed E-state index contributed by atoms with van der Waals surface area (Å²) in [5.74, 6) is 0.880. The van der Waals surface area contributed by atoms with Crippen LogP contribution in [-0.4, -0.2) is 36.6 Å². The highest BCUT2D eigenvalue weighted by atomic mass is 35.5. The number of nitrogens with zero attached hydrogens (tertiary/aromatic N) is 2. The fraction of sp³-hybridized carbons (Fsp3) is 0.267. The molecule has 11 heteroatoms. The Balaban J connectivity index is 1.42. The summed E-state index contributed by atoms with van der Waals surface area (Å²) in [4.78, 5) is 19.4. The molecule has 0 spiro atoms. The normalized spacial score (nSPS) is 11.5. The Morgan fingerprint density at radius 2 is 1.68 bits per heavy atom. The zero-order chi connectivity index (χ0) is 29.4. The molecule has 0 radical (unpaired) electrons. The maximum Gasteiger partial charge on any atom is 0.416 e. The Labute approximate surface area is 245 Å². The van der Waals surface area contributed by atoms with Crippen LogP contribution in [-0.2, 0) is 32.2 Å². The molecule has 0 bridgehead atoms. The van der Waals surface area contributed by atoms with E-state index in [0.717, 1.165) is 34.7 Å². The van der Waals surface area contributed by atoms with Gasteiger partial charge in [-0.05, 0) is 59.5 Å².